The lowest BCUT2D eigenvalue weighted by molar-refractivity contribution is 0.0848. The maximum absolute atomic E-state index is 7.10. The summed E-state index contributed by atoms with van der Waals surface area (Å²) in [5, 5.41) is 7.10. The van der Waals surface area contributed by atoms with Crippen LogP contribution in [0.3, 0.4) is 0 Å². The average Bonchev–Trinajstić information content (AvgIpc) is 2.04. The van der Waals surface area contributed by atoms with Crippen LogP contribution in [-0.4, -0.2) is 24.0 Å². The van der Waals surface area contributed by atoms with Crippen LogP contribution in [0.2, 0.25) is 0 Å². The van der Waals surface area contributed by atoms with Crippen molar-refractivity contribution in [1.29, 1.82) is 5.41 Å². The summed E-state index contributed by atoms with van der Waals surface area (Å²) in [5.41, 5.74) is 0.392. The van der Waals surface area contributed by atoms with Gasteiger partial charge in [-0.3, -0.25) is 0 Å². The minimum absolute atomic E-state index is 0.232. The molecule has 0 aromatic rings. The molecule has 0 saturated carbocycles. The highest BCUT2D eigenvalue weighted by Gasteiger charge is 2.34. The third-order valence-electron chi connectivity index (χ3n) is 2.46. The smallest absolute Gasteiger partial charge is 0.332 e. The van der Waals surface area contributed by atoms with Gasteiger partial charge in [-0.25, -0.2) is 0 Å². The van der Waals surface area contributed by atoms with Gasteiger partial charge in [-0.2, -0.15) is 12.6 Å². The van der Waals surface area contributed by atoms with Crippen molar-refractivity contribution in [2.45, 2.75) is 45.0 Å². The van der Waals surface area contributed by atoms with Crippen molar-refractivity contribution in [2.75, 3.05) is 0 Å². The van der Waals surface area contributed by atoms with Gasteiger partial charge in [-0.15, -0.1) is 0 Å². The Hall–Kier alpha value is -0.215. The summed E-state index contributed by atoms with van der Waals surface area (Å²) in [7, 11) is 1.60. The highest BCUT2D eigenvalue weighted by Crippen LogP contribution is 2.30. The van der Waals surface area contributed by atoms with Crippen molar-refractivity contribution in [3.63, 3.8) is 0 Å². The van der Waals surface area contributed by atoms with Crippen LogP contribution in [0, 0.1) is 5.41 Å². The van der Waals surface area contributed by atoms with Gasteiger partial charge in [0.15, 0.2) is 0 Å². The van der Waals surface area contributed by atoms with E-state index in [0.717, 1.165) is 5.47 Å². The van der Waals surface area contributed by atoms with E-state index in [-0.39, 0.29) is 10.3 Å². The van der Waals surface area contributed by atoms with Gasteiger partial charge in [0.25, 0.3) is 0 Å². The van der Waals surface area contributed by atoms with Crippen molar-refractivity contribution in [1.82, 2.24) is 0 Å². The van der Waals surface area contributed by atoms with Gasteiger partial charge in [0.2, 0.25) is 0 Å². The second-order valence-electron chi connectivity index (χ2n) is 4.24. The molecule has 0 rings (SSSR count). The molecule has 0 amide bonds. The van der Waals surface area contributed by atoms with Gasteiger partial charge in [0, 0.05) is 11.0 Å². The number of thiol groups is 1. The molecule has 0 spiro atoms. The molecule has 0 aliphatic heterocycles. The second kappa shape index (κ2) is 5.03. The fourth-order valence-corrected chi connectivity index (χ4v) is 0.598. The van der Waals surface area contributed by atoms with Crippen molar-refractivity contribution < 1.29 is 4.65 Å². The molecule has 0 fully saturated rings. The minimum Gasteiger partial charge on any atom is -0.428 e. The van der Waals surface area contributed by atoms with E-state index in [1.165, 1.54) is 6.21 Å². The SMILES string of the molecule is C/C=C(/[B]OC(C)(C)C(C)(C)S)C=N. The standard InChI is InChI=1S/C10H19BNOS/c1-6-8(7-12)11-13-9(2,3)10(4,5)14/h6-7,12,14H,1-5H3/b8-6+,12-7?. The maximum atomic E-state index is 7.10. The van der Waals surface area contributed by atoms with Crippen molar-refractivity contribution in [3.8, 4) is 0 Å². The van der Waals surface area contributed by atoms with Gasteiger partial charge in [-0.05, 0) is 40.1 Å². The zero-order valence-electron chi connectivity index (χ0n) is 9.59. The molecule has 79 valence electrons. The number of allylic oxidation sites excluding steroid dienone is 2. The molecule has 0 saturated heterocycles. The zero-order valence-corrected chi connectivity index (χ0v) is 10.5. The molecule has 0 unspecified atom stereocenters. The molecule has 1 N–H and O–H groups in total. The predicted octanol–water partition coefficient (Wildman–Crippen LogP) is 2.66. The van der Waals surface area contributed by atoms with Crippen LogP contribution in [0.1, 0.15) is 34.6 Å². The van der Waals surface area contributed by atoms with Gasteiger partial charge >= 0.3 is 7.48 Å². The van der Waals surface area contributed by atoms with Gasteiger partial charge in [0.1, 0.15) is 0 Å². The first-order valence-corrected chi connectivity index (χ1v) is 5.09. The van der Waals surface area contributed by atoms with Crippen LogP contribution in [0.4, 0.5) is 0 Å². The first-order chi connectivity index (χ1) is 6.24. The summed E-state index contributed by atoms with van der Waals surface area (Å²) in [5.74, 6) is 0. The number of hydrogen-bond acceptors (Lipinski definition) is 3. The molecule has 0 bridgehead atoms. The molecule has 0 aromatic carbocycles. The molecule has 0 aliphatic carbocycles. The van der Waals surface area contributed by atoms with Gasteiger partial charge in [0.05, 0.1) is 5.60 Å². The molecule has 0 atom stereocenters. The quantitative estimate of drug-likeness (QED) is 0.410. The van der Waals surface area contributed by atoms with E-state index in [2.05, 4.69) is 12.6 Å². The van der Waals surface area contributed by atoms with E-state index >= 15 is 0 Å². The molecule has 14 heavy (non-hydrogen) atoms. The van der Waals surface area contributed by atoms with E-state index in [1.807, 2.05) is 40.7 Å². The molecular weight excluding hydrogens is 193 g/mol. The molecule has 4 heteroatoms. The summed E-state index contributed by atoms with van der Waals surface area (Å²) >= 11 is 4.47. The summed E-state index contributed by atoms with van der Waals surface area (Å²) in [6.07, 6.45) is 3.09. The van der Waals surface area contributed by atoms with Crippen molar-refractivity contribution >= 4 is 26.3 Å². The highest BCUT2D eigenvalue weighted by molar-refractivity contribution is 7.81. The molecule has 1 radical (unpaired) electrons. The second-order valence-corrected chi connectivity index (χ2v) is 5.36. The largest absolute Gasteiger partial charge is 0.428 e. The third kappa shape index (κ3) is 3.88. The Morgan fingerprint density at radius 1 is 1.36 bits per heavy atom. The fraction of sp³-hybridized carbons (Fsp3) is 0.700. The normalized spacial score (nSPS) is 14.0. The summed E-state index contributed by atoms with van der Waals surface area (Å²) in [6.45, 7) is 9.84. The Kier molecular flexibility index (Phi) is 4.95. The van der Waals surface area contributed by atoms with E-state index in [4.69, 9.17) is 10.1 Å². The van der Waals surface area contributed by atoms with E-state index in [0.29, 0.717) is 0 Å². The van der Waals surface area contributed by atoms with E-state index < -0.39 is 0 Å². The average molecular weight is 212 g/mol. The van der Waals surface area contributed by atoms with Crippen LogP contribution >= 0.6 is 12.6 Å². The van der Waals surface area contributed by atoms with Crippen molar-refractivity contribution in [3.05, 3.63) is 11.5 Å². The van der Waals surface area contributed by atoms with Crippen LogP contribution < -0.4 is 0 Å². The topological polar surface area (TPSA) is 33.1 Å². The van der Waals surface area contributed by atoms with Crippen LogP contribution in [0.5, 0.6) is 0 Å². The van der Waals surface area contributed by atoms with Crippen LogP contribution in [-0.2, 0) is 4.65 Å². The number of hydrogen-bond donors (Lipinski definition) is 2. The third-order valence-corrected chi connectivity index (χ3v) is 3.00. The molecular formula is C10H19BNOS. The van der Waals surface area contributed by atoms with E-state index in [1.54, 1.807) is 7.48 Å². The molecule has 0 aromatic heterocycles. The van der Waals surface area contributed by atoms with E-state index in [9.17, 15) is 0 Å². The Balaban J connectivity index is 4.33. The molecule has 2 nitrogen and oxygen atoms in total. The lowest BCUT2D eigenvalue weighted by Gasteiger charge is -2.38. The first kappa shape index (κ1) is 13.8. The summed E-state index contributed by atoms with van der Waals surface area (Å²) in [6, 6.07) is 0. The number of rotatable bonds is 5. The Labute approximate surface area is 93.3 Å². The summed E-state index contributed by atoms with van der Waals surface area (Å²) < 4.78 is 5.39. The zero-order chi connectivity index (χ0) is 11.4. The highest BCUT2D eigenvalue weighted by atomic mass is 32.1. The Morgan fingerprint density at radius 2 is 1.86 bits per heavy atom. The lowest BCUT2D eigenvalue weighted by Crippen LogP contribution is -2.44. The van der Waals surface area contributed by atoms with Gasteiger partial charge < -0.3 is 10.1 Å². The lowest BCUT2D eigenvalue weighted by atomic mass is 9.84. The van der Waals surface area contributed by atoms with Crippen molar-refractivity contribution in [2.24, 2.45) is 0 Å². The van der Waals surface area contributed by atoms with Crippen LogP contribution in [0.15, 0.2) is 11.5 Å². The first-order valence-electron chi connectivity index (χ1n) is 4.65. The Morgan fingerprint density at radius 3 is 2.14 bits per heavy atom. The predicted molar refractivity (Wildman–Crippen MR) is 66.5 cm³/mol. The molecule has 0 aliphatic rings. The fourth-order valence-electron chi connectivity index (χ4n) is 0.545. The minimum atomic E-state index is -0.368. The van der Waals surface area contributed by atoms with Crippen LogP contribution in [0.25, 0.3) is 0 Å². The monoisotopic (exact) mass is 212 g/mol. The molecule has 0 heterocycles. The Bertz CT molecular complexity index is 231. The maximum Gasteiger partial charge on any atom is 0.332 e. The summed E-state index contributed by atoms with van der Waals surface area (Å²) in [4.78, 5) is 0. The van der Waals surface area contributed by atoms with Gasteiger partial charge in [-0.1, -0.05) is 6.08 Å². The number of nitrogens with one attached hydrogen (secondary N) is 1.